The molecule has 122 valence electrons. The van der Waals surface area contributed by atoms with Gasteiger partial charge in [-0.25, -0.2) is 0 Å². The van der Waals surface area contributed by atoms with E-state index in [0.717, 1.165) is 24.5 Å². The molecule has 0 saturated heterocycles. The first-order valence-electron chi connectivity index (χ1n) is 8.15. The van der Waals surface area contributed by atoms with Gasteiger partial charge in [0.15, 0.2) is 0 Å². The molecule has 2 nitrogen and oxygen atoms in total. The molecule has 0 saturated carbocycles. The molecule has 0 fully saturated rings. The maximum absolute atomic E-state index is 5.66. The van der Waals surface area contributed by atoms with E-state index in [1.807, 2.05) is 24.3 Å². The number of rotatable bonds is 8. The fourth-order valence-electron chi connectivity index (χ4n) is 2.48. The van der Waals surface area contributed by atoms with Gasteiger partial charge < -0.3 is 9.47 Å². The van der Waals surface area contributed by atoms with Gasteiger partial charge in [-0.3, -0.25) is 0 Å². The predicted octanol–water partition coefficient (Wildman–Crippen LogP) is 5.37. The summed E-state index contributed by atoms with van der Waals surface area (Å²) < 4.78 is 11.2. The molecule has 0 amide bonds. The second-order valence-corrected chi connectivity index (χ2v) is 6.12. The minimum Gasteiger partial charge on any atom is -0.494 e. The van der Waals surface area contributed by atoms with Gasteiger partial charge in [-0.15, -0.1) is 0 Å². The molecule has 2 heteroatoms. The quantitative estimate of drug-likeness (QED) is 0.611. The Balaban J connectivity index is 2.14. The zero-order valence-corrected chi connectivity index (χ0v) is 14.3. The van der Waals surface area contributed by atoms with Gasteiger partial charge in [-0.1, -0.05) is 57.7 Å². The maximum atomic E-state index is 5.66. The fourth-order valence-corrected chi connectivity index (χ4v) is 2.48. The summed E-state index contributed by atoms with van der Waals surface area (Å²) in [6.07, 6.45) is 2.77. The Hall–Kier alpha value is -2.22. The lowest BCUT2D eigenvalue weighted by Crippen LogP contribution is -2.18. The average Bonchev–Trinajstić information content (AvgIpc) is 2.59. The maximum Gasteiger partial charge on any atom is 0.119 e. The van der Waals surface area contributed by atoms with Crippen LogP contribution < -0.4 is 9.47 Å². The number of benzene rings is 2. The van der Waals surface area contributed by atoms with E-state index in [2.05, 4.69) is 51.6 Å². The van der Waals surface area contributed by atoms with Crippen molar-refractivity contribution in [2.24, 2.45) is 0 Å². The molecular weight excluding hydrogens is 284 g/mol. The Labute approximate surface area is 139 Å². The van der Waals surface area contributed by atoms with Gasteiger partial charge in [0, 0.05) is 5.41 Å². The minimum atomic E-state index is -0.0692. The van der Waals surface area contributed by atoms with Crippen molar-refractivity contribution in [3.8, 4) is 11.5 Å². The molecule has 23 heavy (non-hydrogen) atoms. The Kier molecular flexibility index (Phi) is 5.86. The number of hydrogen-bond donors (Lipinski definition) is 0. The van der Waals surface area contributed by atoms with E-state index in [4.69, 9.17) is 9.47 Å². The van der Waals surface area contributed by atoms with Crippen LogP contribution in [-0.4, -0.2) is 13.2 Å². The van der Waals surface area contributed by atoms with Gasteiger partial charge in [0.05, 0.1) is 6.61 Å². The Morgan fingerprint density at radius 3 is 1.78 bits per heavy atom. The normalized spacial score (nSPS) is 11.1. The second kappa shape index (κ2) is 7.87. The molecule has 2 aromatic carbocycles. The minimum absolute atomic E-state index is 0.0692. The third-order valence-corrected chi connectivity index (χ3v) is 3.99. The molecule has 0 unspecified atom stereocenters. The van der Waals surface area contributed by atoms with Crippen molar-refractivity contribution in [1.29, 1.82) is 0 Å². The summed E-state index contributed by atoms with van der Waals surface area (Å²) in [5.41, 5.74) is 2.45. The molecule has 0 aromatic heterocycles. The molecule has 2 rings (SSSR count). The third-order valence-electron chi connectivity index (χ3n) is 3.99. The molecule has 0 aliphatic rings. The van der Waals surface area contributed by atoms with Crippen LogP contribution in [0.4, 0.5) is 0 Å². The molecule has 0 aliphatic heterocycles. The Morgan fingerprint density at radius 2 is 1.35 bits per heavy atom. The van der Waals surface area contributed by atoms with E-state index in [9.17, 15) is 0 Å². The Morgan fingerprint density at radius 1 is 0.870 bits per heavy atom. The van der Waals surface area contributed by atoms with E-state index in [1.165, 1.54) is 11.1 Å². The second-order valence-electron chi connectivity index (χ2n) is 6.12. The third kappa shape index (κ3) is 4.38. The summed E-state index contributed by atoms with van der Waals surface area (Å²) in [5, 5.41) is 0. The number of hydrogen-bond acceptors (Lipinski definition) is 2. The molecule has 0 aliphatic carbocycles. The lowest BCUT2D eigenvalue weighted by Gasteiger charge is -2.26. The lowest BCUT2D eigenvalue weighted by atomic mass is 9.78. The van der Waals surface area contributed by atoms with E-state index in [0.29, 0.717) is 6.61 Å². The molecule has 0 bridgehead atoms. The molecule has 0 heterocycles. The molecule has 0 N–H and O–H groups in total. The molecule has 0 radical (unpaired) electrons. The van der Waals surface area contributed by atoms with Crippen LogP contribution in [0.15, 0.2) is 61.2 Å². The SMILES string of the molecule is C=CCOc1ccc(C(C)(C)c2ccc(OCCC)cc2)cc1. The monoisotopic (exact) mass is 310 g/mol. The van der Waals surface area contributed by atoms with Crippen molar-refractivity contribution < 1.29 is 9.47 Å². The van der Waals surface area contributed by atoms with Crippen molar-refractivity contribution in [2.45, 2.75) is 32.6 Å². The topological polar surface area (TPSA) is 18.5 Å². The summed E-state index contributed by atoms with van der Waals surface area (Å²) in [5.74, 6) is 1.80. The van der Waals surface area contributed by atoms with E-state index < -0.39 is 0 Å². The first-order valence-corrected chi connectivity index (χ1v) is 8.15. The molecule has 2 aromatic rings. The van der Waals surface area contributed by atoms with Crippen molar-refractivity contribution in [3.05, 3.63) is 72.3 Å². The molecular formula is C21H26O2. The van der Waals surface area contributed by atoms with Crippen LogP contribution in [0.3, 0.4) is 0 Å². The van der Waals surface area contributed by atoms with Crippen molar-refractivity contribution >= 4 is 0 Å². The highest BCUT2D eigenvalue weighted by Crippen LogP contribution is 2.33. The van der Waals surface area contributed by atoms with Gasteiger partial charge in [0.25, 0.3) is 0 Å². The largest absolute Gasteiger partial charge is 0.494 e. The lowest BCUT2D eigenvalue weighted by molar-refractivity contribution is 0.317. The van der Waals surface area contributed by atoms with Crippen LogP contribution in [0.1, 0.15) is 38.3 Å². The zero-order chi connectivity index (χ0) is 16.7. The van der Waals surface area contributed by atoms with E-state index in [-0.39, 0.29) is 5.41 Å². The van der Waals surface area contributed by atoms with Gasteiger partial charge >= 0.3 is 0 Å². The van der Waals surface area contributed by atoms with Crippen LogP contribution in [0.2, 0.25) is 0 Å². The average molecular weight is 310 g/mol. The van der Waals surface area contributed by atoms with Gasteiger partial charge in [-0.2, -0.15) is 0 Å². The van der Waals surface area contributed by atoms with Crippen molar-refractivity contribution in [1.82, 2.24) is 0 Å². The highest BCUT2D eigenvalue weighted by molar-refractivity contribution is 5.41. The summed E-state index contributed by atoms with van der Waals surface area (Å²) in [6.45, 7) is 11.5. The molecule has 0 atom stereocenters. The Bertz CT molecular complexity index is 609. The highest BCUT2D eigenvalue weighted by atomic mass is 16.5. The van der Waals surface area contributed by atoms with Gasteiger partial charge in [0.2, 0.25) is 0 Å². The zero-order valence-electron chi connectivity index (χ0n) is 14.3. The summed E-state index contributed by atoms with van der Waals surface area (Å²) >= 11 is 0. The van der Waals surface area contributed by atoms with E-state index in [1.54, 1.807) is 6.08 Å². The summed E-state index contributed by atoms with van der Waals surface area (Å²) in [7, 11) is 0. The summed E-state index contributed by atoms with van der Waals surface area (Å²) in [4.78, 5) is 0. The van der Waals surface area contributed by atoms with Gasteiger partial charge in [0.1, 0.15) is 18.1 Å². The van der Waals surface area contributed by atoms with Crippen molar-refractivity contribution in [2.75, 3.05) is 13.2 Å². The standard InChI is InChI=1S/C21H26O2/c1-5-15-22-19-11-7-17(8-12-19)21(3,4)18-9-13-20(14-10-18)23-16-6-2/h5,7-14H,1,6,15-16H2,2-4H3. The predicted molar refractivity (Wildman–Crippen MR) is 96.5 cm³/mol. The fraction of sp³-hybridized carbons (Fsp3) is 0.333. The smallest absolute Gasteiger partial charge is 0.119 e. The van der Waals surface area contributed by atoms with Crippen LogP contribution in [0.25, 0.3) is 0 Å². The van der Waals surface area contributed by atoms with Gasteiger partial charge in [-0.05, 0) is 41.8 Å². The van der Waals surface area contributed by atoms with Crippen molar-refractivity contribution in [3.63, 3.8) is 0 Å². The van der Waals surface area contributed by atoms with E-state index >= 15 is 0 Å². The van der Waals surface area contributed by atoms with Crippen LogP contribution >= 0.6 is 0 Å². The summed E-state index contributed by atoms with van der Waals surface area (Å²) in [6, 6.07) is 16.7. The first-order chi connectivity index (χ1) is 11.1. The van der Waals surface area contributed by atoms with Crippen LogP contribution in [-0.2, 0) is 5.41 Å². The first kappa shape index (κ1) is 17.1. The highest BCUT2D eigenvalue weighted by Gasteiger charge is 2.23. The molecule has 0 spiro atoms. The number of ether oxygens (including phenoxy) is 2. The van der Waals surface area contributed by atoms with Crippen LogP contribution in [0, 0.1) is 0 Å². The van der Waals surface area contributed by atoms with Crippen LogP contribution in [0.5, 0.6) is 11.5 Å².